The van der Waals surface area contributed by atoms with Gasteiger partial charge in [0.15, 0.2) is 0 Å². The molecule has 0 aromatic heterocycles. The molecule has 1 aliphatic heterocycles. The number of likely N-dealkylation sites (tertiary alicyclic amines) is 1. The Morgan fingerprint density at radius 2 is 2.00 bits per heavy atom. The summed E-state index contributed by atoms with van der Waals surface area (Å²) in [6.07, 6.45) is 2.41. The number of anilines is 1. The third kappa shape index (κ3) is 2.89. The van der Waals surface area contributed by atoms with E-state index >= 15 is 0 Å². The van der Waals surface area contributed by atoms with Crippen LogP contribution in [-0.2, 0) is 0 Å². The van der Waals surface area contributed by atoms with Crippen LogP contribution in [0.15, 0.2) is 24.3 Å². The van der Waals surface area contributed by atoms with Gasteiger partial charge in [0.25, 0.3) is 0 Å². The highest BCUT2D eigenvalue weighted by molar-refractivity contribution is 6.33. The van der Waals surface area contributed by atoms with Crippen molar-refractivity contribution in [2.45, 2.75) is 25.8 Å². The summed E-state index contributed by atoms with van der Waals surface area (Å²) >= 11 is 6.13. The van der Waals surface area contributed by atoms with Crippen LogP contribution in [-0.4, -0.2) is 30.6 Å². The minimum atomic E-state index is 0.572. The molecule has 1 saturated heterocycles. The molecule has 1 N–H and O–H groups in total. The molecule has 1 aliphatic rings. The number of halogens is 1. The van der Waals surface area contributed by atoms with Crippen molar-refractivity contribution in [3.05, 3.63) is 29.3 Å². The Morgan fingerprint density at radius 1 is 1.31 bits per heavy atom. The summed E-state index contributed by atoms with van der Waals surface area (Å²) in [4.78, 5) is 2.49. The quantitative estimate of drug-likeness (QED) is 0.870. The number of hydrogen-bond donors (Lipinski definition) is 1. The first-order chi connectivity index (χ1) is 7.79. The molecule has 0 radical (unpaired) electrons. The maximum Gasteiger partial charge on any atom is 0.0637 e. The molecule has 1 fully saturated rings. The third-order valence-electron chi connectivity index (χ3n) is 3.27. The molecule has 0 atom stereocenters. The van der Waals surface area contributed by atoms with Crippen molar-refractivity contribution in [2.24, 2.45) is 0 Å². The molecule has 3 heteroatoms. The lowest BCUT2D eigenvalue weighted by Crippen LogP contribution is -2.38. The topological polar surface area (TPSA) is 15.3 Å². The highest BCUT2D eigenvalue weighted by Crippen LogP contribution is 2.23. The van der Waals surface area contributed by atoms with Gasteiger partial charge in [0.1, 0.15) is 0 Å². The van der Waals surface area contributed by atoms with Gasteiger partial charge in [-0.2, -0.15) is 0 Å². The normalized spacial score (nSPS) is 18.6. The first-order valence-corrected chi connectivity index (χ1v) is 6.41. The van der Waals surface area contributed by atoms with E-state index in [0.29, 0.717) is 6.04 Å². The first kappa shape index (κ1) is 11.7. The second kappa shape index (κ2) is 5.55. The molecular formula is C13H19ClN2. The van der Waals surface area contributed by atoms with Crippen LogP contribution in [0.2, 0.25) is 5.02 Å². The Bertz CT molecular complexity index is 332. The number of nitrogens with one attached hydrogen (secondary N) is 1. The van der Waals surface area contributed by atoms with Crippen molar-refractivity contribution in [1.82, 2.24) is 4.90 Å². The molecule has 2 nitrogen and oxygen atoms in total. The summed E-state index contributed by atoms with van der Waals surface area (Å²) in [5.41, 5.74) is 1.07. The molecule has 88 valence electrons. The van der Waals surface area contributed by atoms with Gasteiger partial charge in [-0.3, -0.25) is 0 Å². The Morgan fingerprint density at radius 3 is 2.62 bits per heavy atom. The van der Waals surface area contributed by atoms with Crippen LogP contribution >= 0.6 is 11.6 Å². The fourth-order valence-electron chi connectivity index (χ4n) is 2.19. The van der Waals surface area contributed by atoms with Gasteiger partial charge in [-0.1, -0.05) is 30.7 Å². The summed E-state index contributed by atoms with van der Waals surface area (Å²) in [5.74, 6) is 0. The van der Waals surface area contributed by atoms with Crippen LogP contribution in [0.4, 0.5) is 5.69 Å². The lowest BCUT2D eigenvalue weighted by molar-refractivity contribution is 0.229. The third-order valence-corrected chi connectivity index (χ3v) is 3.60. The predicted molar refractivity (Wildman–Crippen MR) is 70.2 cm³/mol. The second-order valence-corrected chi connectivity index (χ2v) is 4.74. The molecule has 16 heavy (non-hydrogen) atoms. The summed E-state index contributed by atoms with van der Waals surface area (Å²) in [6, 6.07) is 8.55. The van der Waals surface area contributed by atoms with Gasteiger partial charge in [-0.05, 0) is 31.5 Å². The van der Waals surface area contributed by atoms with Gasteiger partial charge in [-0.15, -0.1) is 0 Å². The van der Waals surface area contributed by atoms with E-state index in [-0.39, 0.29) is 0 Å². The van der Waals surface area contributed by atoms with Gasteiger partial charge in [0, 0.05) is 19.1 Å². The molecule has 0 spiro atoms. The van der Waals surface area contributed by atoms with Crippen molar-refractivity contribution in [1.29, 1.82) is 0 Å². The molecule has 2 rings (SSSR count). The van der Waals surface area contributed by atoms with Crippen LogP contribution in [0.5, 0.6) is 0 Å². The molecule has 0 bridgehead atoms. The van der Waals surface area contributed by atoms with E-state index in [1.54, 1.807) is 0 Å². The Hall–Kier alpha value is -0.730. The Kier molecular flexibility index (Phi) is 4.08. The van der Waals surface area contributed by atoms with E-state index in [0.717, 1.165) is 10.7 Å². The average molecular weight is 239 g/mol. The number of nitrogens with zero attached hydrogens (tertiary/aromatic N) is 1. The predicted octanol–water partition coefficient (Wildman–Crippen LogP) is 3.24. The van der Waals surface area contributed by atoms with Gasteiger partial charge in [-0.25, -0.2) is 0 Å². The summed E-state index contributed by atoms with van der Waals surface area (Å²) in [6.45, 7) is 5.78. The second-order valence-electron chi connectivity index (χ2n) is 4.33. The fourth-order valence-corrected chi connectivity index (χ4v) is 2.38. The molecule has 1 aromatic carbocycles. The summed E-state index contributed by atoms with van der Waals surface area (Å²) in [5, 5.41) is 4.35. The van der Waals surface area contributed by atoms with E-state index in [1.807, 2.05) is 18.2 Å². The SMILES string of the molecule is CCN1CCC(Nc2ccccc2Cl)CC1. The van der Waals surface area contributed by atoms with Crippen LogP contribution < -0.4 is 5.32 Å². The molecule has 0 amide bonds. The number of benzene rings is 1. The molecule has 1 aromatic rings. The summed E-state index contributed by atoms with van der Waals surface area (Å²) in [7, 11) is 0. The number of hydrogen-bond acceptors (Lipinski definition) is 2. The number of piperidine rings is 1. The highest BCUT2D eigenvalue weighted by atomic mass is 35.5. The number of rotatable bonds is 3. The molecule has 1 heterocycles. The fraction of sp³-hybridized carbons (Fsp3) is 0.538. The molecule has 0 unspecified atom stereocenters. The van der Waals surface area contributed by atoms with E-state index < -0.39 is 0 Å². The van der Waals surface area contributed by atoms with E-state index in [1.165, 1.54) is 32.5 Å². The number of para-hydroxylation sites is 1. The van der Waals surface area contributed by atoms with Crippen molar-refractivity contribution < 1.29 is 0 Å². The van der Waals surface area contributed by atoms with Gasteiger partial charge in [0.2, 0.25) is 0 Å². The Balaban J connectivity index is 1.89. The van der Waals surface area contributed by atoms with E-state index in [9.17, 15) is 0 Å². The molecular weight excluding hydrogens is 220 g/mol. The van der Waals surface area contributed by atoms with Gasteiger partial charge in [0.05, 0.1) is 10.7 Å². The van der Waals surface area contributed by atoms with Crippen LogP contribution in [0.25, 0.3) is 0 Å². The van der Waals surface area contributed by atoms with E-state index in [4.69, 9.17) is 11.6 Å². The highest BCUT2D eigenvalue weighted by Gasteiger charge is 2.18. The van der Waals surface area contributed by atoms with Gasteiger partial charge >= 0.3 is 0 Å². The maximum atomic E-state index is 6.13. The molecule has 0 aliphatic carbocycles. The zero-order valence-electron chi connectivity index (χ0n) is 9.75. The monoisotopic (exact) mass is 238 g/mol. The average Bonchev–Trinajstić information content (AvgIpc) is 2.33. The Labute approximate surface area is 103 Å². The van der Waals surface area contributed by atoms with Crippen molar-refractivity contribution in [3.8, 4) is 0 Å². The van der Waals surface area contributed by atoms with Crippen molar-refractivity contribution in [3.63, 3.8) is 0 Å². The lowest BCUT2D eigenvalue weighted by atomic mass is 10.0. The standard InChI is InChI=1S/C13H19ClN2/c1-2-16-9-7-11(8-10-16)15-13-6-4-3-5-12(13)14/h3-6,11,15H,2,7-10H2,1H3. The lowest BCUT2D eigenvalue weighted by Gasteiger charge is -2.32. The van der Waals surface area contributed by atoms with Crippen molar-refractivity contribution in [2.75, 3.05) is 25.0 Å². The van der Waals surface area contributed by atoms with Crippen LogP contribution in [0, 0.1) is 0 Å². The minimum absolute atomic E-state index is 0.572. The van der Waals surface area contributed by atoms with Crippen LogP contribution in [0.1, 0.15) is 19.8 Å². The largest absolute Gasteiger partial charge is 0.381 e. The van der Waals surface area contributed by atoms with Crippen molar-refractivity contribution >= 4 is 17.3 Å². The van der Waals surface area contributed by atoms with Gasteiger partial charge < -0.3 is 10.2 Å². The van der Waals surface area contributed by atoms with E-state index in [2.05, 4.69) is 23.2 Å². The zero-order valence-corrected chi connectivity index (χ0v) is 10.5. The smallest absolute Gasteiger partial charge is 0.0637 e. The molecule has 0 saturated carbocycles. The first-order valence-electron chi connectivity index (χ1n) is 6.03. The van der Waals surface area contributed by atoms with Crippen LogP contribution in [0.3, 0.4) is 0 Å². The maximum absolute atomic E-state index is 6.13. The minimum Gasteiger partial charge on any atom is -0.381 e. The summed E-state index contributed by atoms with van der Waals surface area (Å²) < 4.78 is 0. The zero-order chi connectivity index (χ0) is 11.4.